The van der Waals surface area contributed by atoms with Crippen molar-refractivity contribution >= 4 is 32.4 Å². The van der Waals surface area contributed by atoms with E-state index >= 15 is 0 Å². The molecule has 1 atom stereocenters. The van der Waals surface area contributed by atoms with Crippen LogP contribution in [0.1, 0.15) is 30.3 Å². The molecule has 0 spiro atoms. The van der Waals surface area contributed by atoms with Crippen LogP contribution in [-0.4, -0.2) is 34.2 Å². The van der Waals surface area contributed by atoms with Crippen molar-refractivity contribution in [2.24, 2.45) is 0 Å². The third kappa shape index (κ3) is 2.46. The van der Waals surface area contributed by atoms with Crippen LogP contribution in [0.2, 0.25) is 0 Å². The molecular formula is C15H16N4O2S2. The van der Waals surface area contributed by atoms with Crippen molar-refractivity contribution < 1.29 is 8.42 Å². The fourth-order valence-corrected chi connectivity index (χ4v) is 5.77. The van der Waals surface area contributed by atoms with Gasteiger partial charge in [0.2, 0.25) is 10.0 Å². The molecule has 0 unspecified atom stereocenters. The zero-order valence-electron chi connectivity index (χ0n) is 12.3. The SMILES string of the molecule is O=S(=O)(c1c[nH]c2ncccc12)N1CCCC[C@@H]1c1nccs1. The lowest BCUT2D eigenvalue weighted by Gasteiger charge is -2.33. The summed E-state index contributed by atoms with van der Waals surface area (Å²) in [6, 6.07) is 3.37. The second kappa shape index (κ2) is 5.70. The Morgan fingerprint density at radius 3 is 3.00 bits per heavy atom. The number of hydrogen-bond acceptors (Lipinski definition) is 5. The van der Waals surface area contributed by atoms with Crippen LogP contribution in [0.5, 0.6) is 0 Å². The Balaban J connectivity index is 1.80. The Labute approximate surface area is 138 Å². The predicted octanol–water partition coefficient (Wildman–Crippen LogP) is 2.94. The lowest BCUT2D eigenvalue weighted by atomic mass is 10.1. The van der Waals surface area contributed by atoms with Gasteiger partial charge in [0, 0.05) is 35.9 Å². The van der Waals surface area contributed by atoms with E-state index in [-0.39, 0.29) is 6.04 Å². The molecule has 1 N–H and O–H groups in total. The molecule has 6 nitrogen and oxygen atoms in total. The molecule has 0 aliphatic carbocycles. The Bertz CT molecular complexity index is 918. The molecule has 120 valence electrons. The molecular weight excluding hydrogens is 332 g/mol. The minimum atomic E-state index is -3.59. The topological polar surface area (TPSA) is 79.0 Å². The summed E-state index contributed by atoms with van der Waals surface area (Å²) in [5.74, 6) is 0. The van der Waals surface area contributed by atoms with Gasteiger partial charge in [0.1, 0.15) is 15.6 Å². The summed E-state index contributed by atoms with van der Waals surface area (Å²) in [5, 5.41) is 3.40. The largest absolute Gasteiger partial charge is 0.345 e. The van der Waals surface area contributed by atoms with Crippen molar-refractivity contribution in [3.63, 3.8) is 0 Å². The van der Waals surface area contributed by atoms with Crippen LogP contribution in [0.25, 0.3) is 11.0 Å². The summed E-state index contributed by atoms with van der Waals surface area (Å²) in [6.07, 6.45) is 7.63. The van der Waals surface area contributed by atoms with Crippen molar-refractivity contribution in [1.29, 1.82) is 0 Å². The summed E-state index contributed by atoms with van der Waals surface area (Å²) in [5.41, 5.74) is 0.592. The highest BCUT2D eigenvalue weighted by Gasteiger charge is 2.36. The average Bonchev–Trinajstić information content (AvgIpc) is 3.24. The molecule has 23 heavy (non-hydrogen) atoms. The lowest BCUT2D eigenvalue weighted by Crippen LogP contribution is -2.38. The number of hydrogen-bond donors (Lipinski definition) is 1. The van der Waals surface area contributed by atoms with Crippen LogP contribution in [0.3, 0.4) is 0 Å². The quantitative estimate of drug-likeness (QED) is 0.789. The number of nitrogens with one attached hydrogen (secondary N) is 1. The van der Waals surface area contributed by atoms with Gasteiger partial charge in [-0.2, -0.15) is 4.31 Å². The molecule has 1 saturated heterocycles. The Morgan fingerprint density at radius 2 is 2.17 bits per heavy atom. The standard InChI is InChI=1S/C15H16N4O2S2/c20-23(21,13-10-18-14-11(13)4-3-6-16-14)19-8-2-1-5-12(19)15-17-7-9-22-15/h3-4,6-7,9-10,12H,1-2,5,8H2,(H,16,18)/t12-/m1/s1. The van der Waals surface area contributed by atoms with Gasteiger partial charge >= 0.3 is 0 Å². The van der Waals surface area contributed by atoms with Gasteiger partial charge in [0.15, 0.2) is 0 Å². The summed E-state index contributed by atoms with van der Waals surface area (Å²) in [6.45, 7) is 0.527. The zero-order chi connectivity index (χ0) is 15.9. The molecule has 1 fully saturated rings. The average molecular weight is 348 g/mol. The van der Waals surface area contributed by atoms with E-state index in [0.29, 0.717) is 22.5 Å². The lowest BCUT2D eigenvalue weighted by molar-refractivity contribution is 0.255. The predicted molar refractivity (Wildman–Crippen MR) is 88.7 cm³/mol. The minimum absolute atomic E-state index is 0.171. The molecule has 1 aliphatic heterocycles. The molecule has 0 bridgehead atoms. The number of aromatic amines is 1. The van der Waals surface area contributed by atoms with Crippen molar-refractivity contribution in [3.8, 4) is 0 Å². The molecule has 0 amide bonds. The van der Waals surface area contributed by atoms with E-state index in [1.54, 1.807) is 35.0 Å². The molecule has 4 heterocycles. The van der Waals surface area contributed by atoms with Gasteiger partial charge in [-0.3, -0.25) is 0 Å². The fourth-order valence-electron chi connectivity index (χ4n) is 3.11. The van der Waals surface area contributed by atoms with Gasteiger partial charge in [0.25, 0.3) is 0 Å². The Morgan fingerprint density at radius 1 is 1.26 bits per heavy atom. The number of sulfonamides is 1. The molecule has 0 saturated carbocycles. The summed E-state index contributed by atoms with van der Waals surface area (Å²) < 4.78 is 28.0. The number of thiazole rings is 1. The monoisotopic (exact) mass is 348 g/mol. The summed E-state index contributed by atoms with van der Waals surface area (Å²) >= 11 is 1.51. The van der Waals surface area contributed by atoms with Crippen molar-refractivity contribution in [2.45, 2.75) is 30.2 Å². The van der Waals surface area contributed by atoms with Crippen LogP contribution < -0.4 is 0 Å². The number of nitrogens with zero attached hydrogens (tertiary/aromatic N) is 3. The summed E-state index contributed by atoms with van der Waals surface area (Å²) in [7, 11) is -3.59. The first-order valence-corrected chi connectivity index (χ1v) is 9.83. The highest BCUT2D eigenvalue weighted by atomic mass is 32.2. The normalized spacial score (nSPS) is 20.1. The molecule has 1 aliphatic rings. The van der Waals surface area contributed by atoms with Crippen LogP contribution in [0.4, 0.5) is 0 Å². The Hall–Kier alpha value is -1.77. The van der Waals surface area contributed by atoms with Crippen LogP contribution in [-0.2, 0) is 10.0 Å². The molecule has 0 aromatic carbocycles. The molecule has 0 radical (unpaired) electrons. The van der Waals surface area contributed by atoms with Crippen LogP contribution in [0.15, 0.2) is 41.0 Å². The first kappa shape index (κ1) is 14.8. The second-order valence-electron chi connectivity index (χ2n) is 5.55. The van der Waals surface area contributed by atoms with Crippen molar-refractivity contribution in [2.75, 3.05) is 6.54 Å². The van der Waals surface area contributed by atoms with Gasteiger partial charge in [0.05, 0.1) is 6.04 Å². The molecule has 3 aromatic rings. The van der Waals surface area contributed by atoms with Gasteiger partial charge in [-0.25, -0.2) is 18.4 Å². The Kier molecular flexibility index (Phi) is 3.67. The third-order valence-electron chi connectivity index (χ3n) is 4.19. The van der Waals surface area contributed by atoms with Gasteiger partial charge in [-0.05, 0) is 25.0 Å². The molecule has 3 aromatic heterocycles. The fraction of sp³-hybridized carbons (Fsp3) is 0.333. The van der Waals surface area contributed by atoms with Gasteiger partial charge in [-0.15, -0.1) is 11.3 Å². The van der Waals surface area contributed by atoms with E-state index in [9.17, 15) is 8.42 Å². The molecule has 4 rings (SSSR count). The summed E-state index contributed by atoms with van der Waals surface area (Å²) in [4.78, 5) is 11.8. The van der Waals surface area contributed by atoms with Crippen molar-refractivity contribution in [1.82, 2.24) is 19.3 Å². The first-order valence-electron chi connectivity index (χ1n) is 7.51. The van der Waals surface area contributed by atoms with Gasteiger partial charge in [-0.1, -0.05) is 6.42 Å². The maximum absolute atomic E-state index is 13.2. The maximum Gasteiger partial charge on any atom is 0.245 e. The van der Waals surface area contributed by atoms with Crippen LogP contribution >= 0.6 is 11.3 Å². The number of aromatic nitrogens is 3. The van der Waals surface area contributed by atoms with E-state index in [2.05, 4.69) is 15.0 Å². The van der Waals surface area contributed by atoms with Crippen molar-refractivity contribution in [3.05, 3.63) is 41.1 Å². The minimum Gasteiger partial charge on any atom is -0.345 e. The zero-order valence-corrected chi connectivity index (χ0v) is 14.0. The first-order chi connectivity index (χ1) is 11.2. The number of H-pyrrole nitrogens is 1. The van der Waals surface area contributed by atoms with E-state index in [0.717, 1.165) is 24.3 Å². The highest BCUT2D eigenvalue weighted by Crippen LogP contribution is 2.37. The van der Waals surface area contributed by atoms with Gasteiger partial charge < -0.3 is 4.98 Å². The van der Waals surface area contributed by atoms with E-state index < -0.39 is 10.0 Å². The van der Waals surface area contributed by atoms with E-state index in [4.69, 9.17) is 0 Å². The second-order valence-corrected chi connectivity index (χ2v) is 8.34. The van der Waals surface area contributed by atoms with E-state index in [1.165, 1.54) is 11.3 Å². The smallest absolute Gasteiger partial charge is 0.245 e. The van der Waals surface area contributed by atoms with Crippen LogP contribution in [0, 0.1) is 0 Å². The third-order valence-corrected chi connectivity index (χ3v) is 7.01. The van der Waals surface area contributed by atoms with E-state index in [1.807, 2.05) is 5.38 Å². The number of pyridine rings is 1. The number of rotatable bonds is 3. The molecule has 8 heteroatoms. The number of fused-ring (bicyclic) bond motifs is 1. The maximum atomic E-state index is 13.2. The number of piperidine rings is 1. The highest BCUT2D eigenvalue weighted by molar-refractivity contribution is 7.89.